The average molecular weight is 375 g/mol. The number of hydrogen-bond acceptors (Lipinski definition) is 4. The smallest absolute Gasteiger partial charge is 0.326 e. The molecule has 0 bridgehead atoms. The van der Waals surface area contributed by atoms with Gasteiger partial charge in [-0.05, 0) is 37.3 Å². The monoisotopic (exact) mass is 374 g/mol. The van der Waals surface area contributed by atoms with Gasteiger partial charge in [0.25, 0.3) is 5.91 Å². The van der Waals surface area contributed by atoms with E-state index in [-0.39, 0.29) is 23.6 Å². The lowest BCUT2D eigenvalue weighted by Crippen LogP contribution is -2.46. The van der Waals surface area contributed by atoms with Gasteiger partial charge in [-0.2, -0.15) is 0 Å². The number of carboxylic acids is 1. The van der Waals surface area contributed by atoms with Crippen molar-refractivity contribution >= 4 is 23.5 Å². The maximum Gasteiger partial charge on any atom is 0.326 e. The third-order valence-corrected chi connectivity index (χ3v) is 5.81. The molecule has 2 fully saturated rings. The number of carbonyl (C=O) groups excluding carboxylic acids is 1. The van der Waals surface area contributed by atoms with Gasteiger partial charge in [-0.1, -0.05) is 41.7 Å². The second kappa shape index (κ2) is 6.76. The Morgan fingerprint density at radius 1 is 1.23 bits per heavy atom. The number of likely N-dealkylation sites (tertiary alicyclic amines) is 1. The predicted octanol–water partition coefficient (Wildman–Crippen LogP) is 3.85. The minimum absolute atomic E-state index is 0.0298. The predicted molar refractivity (Wildman–Crippen MR) is 94.9 cm³/mol. The van der Waals surface area contributed by atoms with Crippen LogP contribution in [0.15, 0.2) is 34.9 Å². The first-order chi connectivity index (χ1) is 12.6. The number of aliphatic carboxylic acids is 1. The van der Waals surface area contributed by atoms with Gasteiger partial charge >= 0.3 is 5.97 Å². The van der Waals surface area contributed by atoms with E-state index in [4.69, 9.17) is 16.1 Å². The van der Waals surface area contributed by atoms with Gasteiger partial charge in [-0.3, -0.25) is 4.79 Å². The van der Waals surface area contributed by atoms with E-state index < -0.39 is 12.0 Å². The van der Waals surface area contributed by atoms with Crippen LogP contribution in [0, 0.1) is 5.92 Å². The highest BCUT2D eigenvalue weighted by atomic mass is 35.5. The van der Waals surface area contributed by atoms with E-state index >= 15 is 0 Å². The highest BCUT2D eigenvalue weighted by Gasteiger charge is 2.48. The summed E-state index contributed by atoms with van der Waals surface area (Å²) in [6.07, 6.45) is 4.44. The molecule has 1 saturated carbocycles. The van der Waals surface area contributed by atoms with Crippen molar-refractivity contribution in [3.8, 4) is 11.3 Å². The number of amides is 1. The van der Waals surface area contributed by atoms with Crippen LogP contribution in [-0.2, 0) is 4.79 Å². The molecular formula is C19H19ClN2O4. The minimum Gasteiger partial charge on any atom is -0.480 e. The van der Waals surface area contributed by atoms with Gasteiger partial charge in [0.15, 0.2) is 11.5 Å². The summed E-state index contributed by atoms with van der Waals surface area (Å²) in [6, 6.07) is 7.85. The van der Waals surface area contributed by atoms with Crippen LogP contribution in [0.5, 0.6) is 0 Å². The Bertz CT molecular complexity index is 850. The lowest BCUT2D eigenvalue weighted by atomic mass is 9.84. The number of halogens is 1. The highest BCUT2D eigenvalue weighted by molar-refractivity contribution is 6.33. The number of hydrogen-bond donors (Lipinski definition) is 1. The quantitative estimate of drug-likeness (QED) is 0.882. The van der Waals surface area contributed by atoms with Gasteiger partial charge in [0.05, 0.1) is 5.02 Å². The second-order valence-electron chi connectivity index (χ2n) is 6.97. The third kappa shape index (κ3) is 2.88. The van der Waals surface area contributed by atoms with Crippen molar-refractivity contribution in [3.63, 3.8) is 0 Å². The lowest BCUT2D eigenvalue weighted by molar-refractivity contribution is -0.141. The molecule has 0 radical (unpaired) electrons. The highest BCUT2D eigenvalue weighted by Crippen LogP contribution is 2.40. The molecule has 1 saturated heterocycles. The van der Waals surface area contributed by atoms with E-state index in [9.17, 15) is 14.7 Å². The maximum atomic E-state index is 13.1. The summed E-state index contributed by atoms with van der Waals surface area (Å²) in [4.78, 5) is 26.3. The maximum absolute atomic E-state index is 13.1. The molecule has 3 atom stereocenters. The zero-order chi connectivity index (χ0) is 18.3. The Morgan fingerprint density at radius 3 is 2.77 bits per heavy atom. The van der Waals surface area contributed by atoms with Crippen molar-refractivity contribution < 1.29 is 19.2 Å². The molecule has 1 aromatic heterocycles. The molecular weight excluding hydrogens is 356 g/mol. The molecule has 1 aliphatic carbocycles. The SMILES string of the molecule is O=C(O)C1CC2CCCCC2N1C(=O)c1cc(-c2ccccc2Cl)on1. The number of carboxylic acid groups (broad SMARTS) is 1. The number of fused-ring (bicyclic) bond motifs is 1. The van der Waals surface area contributed by atoms with Crippen LogP contribution in [0.25, 0.3) is 11.3 Å². The Morgan fingerprint density at radius 2 is 2.00 bits per heavy atom. The van der Waals surface area contributed by atoms with Crippen molar-refractivity contribution in [1.82, 2.24) is 10.1 Å². The molecule has 4 rings (SSSR count). The zero-order valence-electron chi connectivity index (χ0n) is 14.1. The van der Waals surface area contributed by atoms with Crippen LogP contribution in [0.4, 0.5) is 0 Å². The molecule has 1 aliphatic heterocycles. The van der Waals surface area contributed by atoms with E-state index in [0.717, 1.165) is 25.7 Å². The summed E-state index contributed by atoms with van der Waals surface area (Å²) in [5.41, 5.74) is 0.768. The Kier molecular flexibility index (Phi) is 4.44. The first-order valence-corrected chi connectivity index (χ1v) is 9.21. The number of benzene rings is 1. The van der Waals surface area contributed by atoms with Crippen molar-refractivity contribution in [3.05, 3.63) is 41.0 Å². The fourth-order valence-electron chi connectivity index (χ4n) is 4.27. The fraction of sp³-hybridized carbons (Fsp3) is 0.421. The second-order valence-corrected chi connectivity index (χ2v) is 7.38. The molecule has 26 heavy (non-hydrogen) atoms. The number of carbonyl (C=O) groups is 2. The van der Waals surface area contributed by atoms with Gasteiger partial charge in [0, 0.05) is 17.7 Å². The first-order valence-electron chi connectivity index (χ1n) is 8.83. The van der Waals surface area contributed by atoms with E-state index in [1.54, 1.807) is 24.3 Å². The summed E-state index contributed by atoms with van der Waals surface area (Å²) >= 11 is 6.17. The molecule has 3 unspecified atom stereocenters. The summed E-state index contributed by atoms with van der Waals surface area (Å²) in [7, 11) is 0. The Balaban J connectivity index is 1.64. The van der Waals surface area contributed by atoms with E-state index in [1.807, 2.05) is 6.07 Å². The van der Waals surface area contributed by atoms with Crippen LogP contribution < -0.4 is 0 Å². The summed E-state index contributed by atoms with van der Waals surface area (Å²) in [5, 5.41) is 14.0. The molecule has 1 aromatic carbocycles. The summed E-state index contributed by atoms with van der Waals surface area (Å²) < 4.78 is 5.31. The molecule has 0 spiro atoms. The molecule has 2 aliphatic rings. The fourth-order valence-corrected chi connectivity index (χ4v) is 4.50. The van der Waals surface area contributed by atoms with Crippen LogP contribution in [0.1, 0.15) is 42.6 Å². The van der Waals surface area contributed by atoms with Gasteiger partial charge in [-0.15, -0.1) is 0 Å². The zero-order valence-corrected chi connectivity index (χ0v) is 14.9. The third-order valence-electron chi connectivity index (χ3n) is 5.48. The van der Waals surface area contributed by atoms with Crippen molar-refractivity contribution in [2.24, 2.45) is 5.92 Å². The van der Waals surface area contributed by atoms with Gasteiger partial charge in [0.2, 0.25) is 0 Å². The van der Waals surface area contributed by atoms with E-state index in [1.165, 1.54) is 4.90 Å². The number of aromatic nitrogens is 1. The normalized spacial score (nSPS) is 25.1. The largest absolute Gasteiger partial charge is 0.480 e. The molecule has 6 nitrogen and oxygen atoms in total. The Labute approximate surface area is 155 Å². The van der Waals surface area contributed by atoms with Gasteiger partial charge in [0.1, 0.15) is 6.04 Å². The summed E-state index contributed by atoms with van der Waals surface area (Å²) in [6.45, 7) is 0. The molecule has 2 aromatic rings. The van der Waals surface area contributed by atoms with Crippen molar-refractivity contribution in [1.29, 1.82) is 0 Å². The molecule has 1 N–H and O–H groups in total. The molecule has 7 heteroatoms. The molecule has 1 amide bonds. The van der Waals surface area contributed by atoms with E-state index in [2.05, 4.69) is 5.16 Å². The number of rotatable bonds is 3. The lowest BCUT2D eigenvalue weighted by Gasteiger charge is -2.32. The Hall–Kier alpha value is -2.34. The van der Waals surface area contributed by atoms with E-state index in [0.29, 0.717) is 22.8 Å². The minimum atomic E-state index is -0.956. The van der Waals surface area contributed by atoms with Crippen LogP contribution in [0.3, 0.4) is 0 Å². The van der Waals surface area contributed by atoms with Gasteiger partial charge < -0.3 is 14.5 Å². The average Bonchev–Trinajstić information content (AvgIpc) is 3.26. The number of nitrogens with zero attached hydrogens (tertiary/aromatic N) is 2. The van der Waals surface area contributed by atoms with Crippen LogP contribution in [0.2, 0.25) is 5.02 Å². The molecule has 2 heterocycles. The van der Waals surface area contributed by atoms with Crippen LogP contribution in [-0.4, -0.2) is 39.1 Å². The van der Waals surface area contributed by atoms with Crippen LogP contribution >= 0.6 is 11.6 Å². The summed E-state index contributed by atoms with van der Waals surface area (Å²) in [5.74, 6) is -0.689. The molecule has 136 valence electrons. The standard InChI is InChI=1S/C19H19ClN2O4/c20-13-7-3-2-6-12(13)17-10-14(21-26-17)18(23)22-15-8-4-1-5-11(15)9-16(22)19(24)25/h2-3,6-7,10-11,15-16H,1,4-5,8-9H2,(H,24,25). The topological polar surface area (TPSA) is 83.6 Å². The van der Waals surface area contributed by atoms with Crippen molar-refractivity contribution in [2.75, 3.05) is 0 Å². The first kappa shape index (κ1) is 17.1. The van der Waals surface area contributed by atoms with Crippen molar-refractivity contribution in [2.45, 2.75) is 44.2 Å². The van der Waals surface area contributed by atoms with Gasteiger partial charge in [-0.25, -0.2) is 4.79 Å².